The van der Waals surface area contributed by atoms with Crippen molar-refractivity contribution in [3.05, 3.63) is 0 Å². The van der Waals surface area contributed by atoms with Crippen LogP contribution in [0.1, 0.15) is 41.5 Å². The maximum absolute atomic E-state index is 11.8. The van der Waals surface area contributed by atoms with Crippen molar-refractivity contribution in [1.82, 2.24) is 0 Å². The third-order valence-electron chi connectivity index (χ3n) is 5.19. The van der Waals surface area contributed by atoms with E-state index >= 15 is 0 Å². The summed E-state index contributed by atoms with van der Waals surface area (Å²) in [6.07, 6.45) is 0. The number of rotatable bonds is 10. The second-order valence-electron chi connectivity index (χ2n) is 5.50. The Bertz CT molecular complexity index is 257. The molecule has 0 aliphatic rings. The zero-order valence-corrected chi connectivity index (χ0v) is 15.6. The second-order valence-corrected chi connectivity index (χ2v) is 15.6. The lowest BCUT2D eigenvalue weighted by Gasteiger charge is -2.40. The van der Waals surface area contributed by atoms with Crippen LogP contribution in [-0.4, -0.2) is 33.2 Å². The molecule has 0 aromatic carbocycles. The molecule has 0 rings (SSSR count). The summed E-state index contributed by atoms with van der Waals surface area (Å²) in [5, 5.41) is 9.68. The summed E-state index contributed by atoms with van der Waals surface area (Å²) in [6.45, 7) is 12.9. The zero-order valence-electron chi connectivity index (χ0n) is 13.6. The molecule has 0 aromatic heterocycles. The summed E-state index contributed by atoms with van der Waals surface area (Å²) in [5.41, 5.74) is -0.501. The van der Waals surface area contributed by atoms with Gasteiger partial charge in [-0.15, -0.1) is 0 Å². The van der Waals surface area contributed by atoms with E-state index in [4.69, 9.17) is 4.43 Å². The molecule has 3 nitrogen and oxygen atoms in total. The predicted molar refractivity (Wildman–Crippen MR) is 86.9 cm³/mol. The minimum absolute atomic E-state index is 0.501. The van der Waals surface area contributed by atoms with Crippen molar-refractivity contribution in [1.29, 1.82) is 0 Å². The lowest BCUT2D eigenvalue weighted by molar-refractivity contribution is -0.142. The van der Waals surface area contributed by atoms with Crippen LogP contribution in [-0.2, 0) is 9.22 Å². The molecular formula is C14H32O3Si2. The van der Waals surface area contributed by atoms with Crippen molar-refractivity contribution in [3.8, 4) is 0 Å². The molecule has 0 amide bonds. The van der Waals surface area contributed by atoms with Gasteiger partial charge in [0, 0.05) is 0 Å². The van der Waals surface area contributed by atoms with Crippen LogP contribution < -0.4 is 0 Å². The highest BCUT2D eigenvalue weighted by Crippen LogP contribution is 2.32. The Balaban J connectivity index is 5.38. The number of carboxylic acids is 1. The summed E-state index contributed by atoms with van der Waals surface area (Å²) < 4.78 is 6.39. The average molecular weight is 305 g/mol. The van der Waals surface area contributed by atoms with Crippen LogP contribution in [0.3, 0.4) is 0 Å². The molecule has 0 aliphatic carbocycles. The van der Waals surface area contributed by atoms with Crippen LogP contribution in [0, 0.1) is 0 Å². The van der Waals surface area contributed by atoms with Crippen molar-refractivity contribution in [2.45, 2.75) is 83.5 Å². The minimum atomic E-state index is -1.86. The Hall–Kier alpha value is -0.136. The molecule has 114 valence electrons. The molecule has 1 unspecified atom stereocenters. The Labute approximate surface area is 120 Å². The highest BCUT2D eigenvalue weighted by molar-refractivity contribution is 6.85. The zero-order chi connectivity index (χ0) is 15.1. The van der Waals surface area contributed by atoms with Crippen LogP contribution in [0.4, 0.5) is 0 Å². The van der Waals surface area contributed by atoms with Crippen molar-refractivity contribution >= 4 is 22.4 Å². The van der Waals surface area contributed by atoms with Crippen LogP contribution in [0.15, 0.2) is 0 Å². The molecule has 19 heavy (non-hydrogen) atoms. The standard InChI is InChI=1S/C14H32O3Si2/c1-7-18(8-2,9-3)14(13(15)16)17-19(10-4,11-5)12-6/h14H,7-12H2,1-6H3,(H,15,16). The third kappa shape index (κ3) is 4.16. The normalized spacial score (nSPS) is 14.4. The van der Waals surface area contributed by atoms with Gasteiger partial charge < -0.3 is 9.53 Å². The van der Waals surface area contributed by atoms with Crippen LogP contribution >= 0.6 is 0 Å². The monoisotopic (exact) mass is 304 g/mol. The third-order valence-corrected chi connectivity index (χ3v) is 15.7. The lowest BCUT2D eigenvalue weighted by atomic mass is 10.7. The van der Waals surface area contributed by atoms with Crippen molar-refractivity contribution in [2.75, 3.05) is 0 Å². The fraction of sp³-hybridized carbons (Fsp3) is 0.929. The number of carbonyl (C=O) groups is 1. The van der Waals surface area contributed by atoms with Crippen molar-refractivity contribution in [2.24, 2.45) is 0 Å². The van der Waals surface area contributed by atoms with E-state index in [1.165, 1.54) is 0 Å². The second kappa shape index (κ2) is 8.22. The largest absolute Gasteiger partial charge is 0.480 e. The van der Waals surface area contributed by atoms with E-state index < -0.39 is 28.1 Å². The molecule has 5 heteroatoms. The first-order valence-electron chi connectivity index (χ1n) is 7.81. The summed E-state index contributed by atoms with van der Waals surface area (Å²) >= 11 is 0. The first-order chi connectivity index (χ1) is 8.90. The Morgan fingerprint density at radius 2 is 1.26 bits per heavy atom. The Kier molecular flexibility index (Phi) is 8.16. The van der Waals surface area contributed by atoms with E-state index in [0.29, 0.717) is 0 Å². The Morgan fingerprint density at radius 3 is 1.47 bits per heavy atom. The number of hydrogen-bond acceptors (Lipinski definition) is 2. The smallest absolute Gasteiger partial charge is 0.327 e. The molecular weight excluding hydrogens is 272 g/mol. The molecule has 0 aliphatic heterocycles. The number of carboxylic acid groups (broad SMARTS) is 1. The molecule has 0 radical (unpaired) electrons. The summed E-state index contributed by atoms with van der Waals surface area (Å²) in [6, 6.07) is 6.05. The van der Waals surface area contributed by atoms with Gasteiger partial charge in [-0.05, 0) is 18.1 Å². The van der Waals surface area contributed by atoms with Gasteiger partial charge in [0.2, 0.25) is 0 Å². The molecule has 0 aromatic rings. The van der Waals surface area contributed by atoms with Crippen LogP contribution in [0.25, 0.3) is 0 Å². The fourth-order valence-corrected chi connectivity index (χ4v) is 10.5. The average Bonchev–Trinajstić information content (AvgIpc) is 2.45. The highest BCUT2D eigenvalue weighted by Gasteiger charge is 2.46. The maximum Gasteiger partial charge on any atom is 0.327 e. The SMILES string of the molecule is CC[Si](CC)(CC)OC(C(=O)O)[Si](CC)(CC)CC. The van der Waals surface area contributed by atoms with Gasteiger partial charge in [-0.2, -0.15) is 0 Å². The minimum Gasteiger partial charge on any atom is -0.480 e. The Morgan fingerprint density at radius 1 is 0.895 bits per heavy atom. The number of aliphatic carboxylic acids is 1. The van der Waals surface area contributed by atoms with Gasteiger partial charge in [-0.25, -0.2) is 4.79 Å². The van der Waals surface area contributed by atoms with E-state index in [0.717, 1.165) is 36.3 Å². The topological polar surface area (TPSA) is 46.5 Å². The summed E-state index contributed by atoms with van der Waals surface area (Å²) in [4.78, 5) is 11.8. The van der Waals surface area contributed by atoms with Crippen molar-refractivity contribution < 1.29 is 14.3 Å². The van der Waals surface area contributed by atoms with E-state index in [1.807, 2.05) is 0 Å². The van der Waals surface area contributed by atoms with Gasteiger partial charge in [-0.3, -0.25) is 0 Å². The fourth-order valence-electron chi connectivity index (χ4n) is 2.99. The molecule has 1 N–H and O–H groups in total. The first kappa shape index (κ1) is 18.9. The summed E-state index contributed by atoms with van der Waals surface area (Å²) in [5.74, 6) is -0.718. The van der Waals surface area contributed by atoms with Gasteiger partial charge in [-0.1, -0.05) is 59.7 Å². The molecule has 0 bridgehead atoms. The predicted octanol–water partition coefficient (Wildman–Crippen LogP) is 4.51. The van der Waals surface area contributed by atoms with Crippen LogP contribution in [0.5, 0.6) is 0 Å². The van der Waals surface area contributed by atoms with E-state index in [1.54, 1.807) is 0 Å². The first-order valence-corrected chi connectivity index (χ1v) is 13.0. The summed E-state index contributed by atoms with van der Waals surface area (Å²) in [7, 11) is -3.70. The molecule has 1 atom stereocenters. The van der Waals surface area contributed by atoms with Crippen LogP contribution in [0.2, 0.25) is 36.3 Å². The van der Waals surface area contributed by atoms with E-state index in [9.17, 15) is 9.90 Å². The molecule has 0 heterocycles. The van der Waals surface area contributed by atoms with Gasteiger partial charge in [0.05, 0.1) is 8.07 Å². The quantitative estimate of drug-likeness (QED) is 0.604. The molecule has 0 spiro atoms. The van der Waals surface area contributed by atoms with Gasteiger partial charge in [0.25, 0.3) is 0 Å². The molecule has 0 fully saturated rings. The highest BCUT2D eigenvalue weighted by atomic mass is 28.4. The van der Waals surface area contributed by atoms with Crippen molar-refractivity contribution in [3.63, 3.8) is 0 Å². The van der Waals surface area contributed by atoms with Gasteiger partial charge >= 0.3 is 5.97 Å². The molecule has 0 saturated heterocycles. The lowest BCUT2D eigenvalue weighted by Crippen LogP contribution is -2.57. The van der Waals surface area contributed by atoms with Gasteiger partial charge in [0.15, 0.2) is 8.32 Å². The van der Waals surface area contributed by atoms with E-state index in [-0.39, 0.29) is 0 Å². The number of hydrogen-bond donors (Lipinski definition) is 1. The molecule has 0 saturated carbocycles. The maximum atomic E-state index is 11.8. The van der Waals surface area contributed by atoms with Gasteiger partial charge in [0.1, 0.15) is 5.73 Å². The van der Waals surface area contributed by atoms with E-state index in [2.05, 4.69) is 41.5 Å².